The Labute approximate surface area is 116 Å². The maximum atomic E-state index is 11.9. The third kappa shape index (κ3) is 3.45. The molecule has 1 aromatic rings. The number of sulfonamides is 1. The minimum atomic E-state index is -3.83. The van der Waals surface area contributed by atoms with Crippen LogP contribution in [0.4, 0.5) is 5.69 Å². The molecule has 1 aliphatic heterocycles. The van der Waals surface area contributed by atoms with Crippen LogP contribution in [0.2, 0.25) is 0 Å². The van der Waals surface area contributed by atoms with Crippen LogP contribution < -0.4 is 14.9 Å². The first-order valence-corrected chi connectivity index (χ1v) is 7.20. The summed E-state index contributed by atoms with van der Waals surface area (Å²) in [6.07, 6.45) is 0. The Morgan fingerprint density at radius 2 is 2.20 bits per heavy atom. The highest BCUT2D eigenvalue weighted by Gasteiger charge is 2.20. The SMILES string of the molecule is COCCONS(=O)(=O)c1ccc2c(c1)NC(=O)CO2. The van der Waals surface area contributed by atoms with Crippen LogP contribution in [0.5, 0.6) is 5.75 Å². The topological polar surface area (TPSA) is 103 Å². The first-order valence-electron chi connectivity index (χ1n) is 5.72. The third-order valence-electron chi connectivity index (χ3n) is 2.45. The molecule has 0 unspecified atom stereocenters. The van der Waals surface area contributed by atoms with Crippen LogP contribution in [0, 0.1) is 0 Å². The molecule has 1 aliphatic rings. The highest BCUT2D eigenvalue weighted by Crippen LogP contribution is 2.29. The zero-order valence-electron chi connectivity index (χ0n) is 10.7. The number of rotatable bonds is 6. The van der Waals surface area contributed by atoms with E-state index < -0.39 is 10.0 Å². The van der Waals surface area contributed by atoms with Crippen LogP contribution in [-0.4, -0.2) is 41.3 Å². The van der Waals surface area contributed by atoms with Crippen molar-refractivity contribution in [2.75, 3.05) is 32.2 Å². The van der Waals surface area contributed by atoms with E-state index in [0.717, 1.165) is 0 Å². The van der Waals surface area contributed by atoms with E-state index in [1.165, 1.54) is 25.3 Å². The fourth-order valence-electron chi connectivity index (χ4n) is 1.52. The number of methoxy groups -OCH3 is 1. The van der Waals surface area contributed by atoms with Crippen LogP contribution in [-0.2, 0) is 24.4 Å². The van der Waals surface area contributed by atoms with Gasteiger partial charge in [-0.25, -0.2) is 8.42 Å². The molecule has 20 heavy (non-hydrogen) atoms. The molecule has 0 saturated carbocycles. The predicted octanol–water partition coefficient (Wildman–Crippen LogP) is -0.126. The fraction of sp³-hybridized carbons (Fsp3) is 0.364. The van der Waals surface area contributed by atoms with Gasteiger partial charge in [0, 0.05) is 7.11 Å². The number of nitrogens with one attached hydrogen (secondary N) is 2. The van der Waals surface area contributed by atoms with Crippen molar-refractivity contribution in [3.63, 3.8) is 0 Å². The Bertz CT molecular complexity index is 601. The summed E-state index contributed by atoms with van der Waals surface area (Å²) in [7, 11) is -2.35. The van der Waals surface area contributed by atoms with Crippen molar-refractivity contribution >= 4 is 21.6 Å². The number of carbonyl (C=O) groups is 1. The summed E-state index contributed by atoms with van der Waals surface area (Å²) in [5, 5.41) is 2.53. The highest BCUT2D eigenvalue weighted by molar-refractivity contribution is 7.89. The van der Waals surface area contributed by atoms with Gasteiger partial charge in [-0.2, -0.15) is 0 Å². The predicted molar refractivity (Wildman–Crippen MR) is 68.7 cm³/mol. The minimum Gasteiger partial charge on any atom is -0.482 e. The molecule has 0 bridgehead atoms. The summed E-state index contributed by atoms with van der Waals surface area (Å²) in [4.78, 5) is 17.9. The van der Waals surface area contributed by atoms with E-state index in [-0.39, 0.29) is 30.6 Å². The van der Waals surface area contributed by atoms with Crippen LogP contribution >= 0.6 is 0 Å². The second-order valence-electron chi connectivity index (χ2n) is 3.92. The molecule has 0 atom stereocenters. The average Bonchev–Trinajstić information content (AvgIpc) is 2.43. The summed E-state index contributed by atoms with van der Waals surface area (Å²) < 4.78 is 33.7. The van der Waals surface area contributed by atoms with Gasteiger partial charge in [-0.3, -0.25) is 9.63 Å². The average molecular weight is 302 g/mol. The van der Waals surface area contributed by atoms with E-state index in [4.69, 9.17) is 14.3 Å². The first kappa shape index (κ1) is 14.7. The quantitative estimate of drug-likeness (QED) is 0.561. The van der Waals surface area contributed by atoms with Crippen molar-refractivity contribution in [3.8, 4) is 5.75 Å². The lowest BCUT2D eigenvalue weighted by Gasteiger charge is -2.18. The van der Waals surface area contributed by atoms with Gasteiger partial charge in [0.1, 0.15) is 5.75 Å². The molecule has 0 saturated heterocycles. The number of fused-ring (bicyclic) bond motifs is 1. The molecule has 1 amide bonds. The number of ether oxygens (including phenoxy) is 2. The van der Waals surface area contributed by atoms with Gasteiger partial charge in [0.25, 0.3) is 15.9 Å². The molecule has 9 heteroatoms. The number of anilines is 1. The summed E-state index contributed by atoms with van der Waals surface area (Å²) in [6.45, 7) is 0.259. The van der Waals surface area contributed by atoms with E-state index in [2.05, 4.69) is 5.32 Å². The van der Waals surface area contributed by atoms with Crippen LogP contribution in [0.3, 0.4) is 0 Å². The molecular formula is C11H14N2O6S. The molecule has 2 N–H and O–H groups in total. The Morgan fingerprint density at radius 1 is 1.40 bits per heavy atom. The largest absolute Gasteiger partial charge is 0.482 e. The van der Waals surface area contributed by atoms with Crippen molar-refractivity contribution < 1.29 is 27.5 Å². The zero-order valence-corrected chi connectivity index (χ0v) is 11.5. The van der Waals surface area contributed by atoms with Gasteiger partial charge < -0.3 is 14.8 Å². The lowest BCUT2D eigenvalue weighted by molar-refractivity contribution is -0.118. The number of carbonyl (C=O) groups excluding carboxylic acids is 1. The normalized spacial score (nSPS) is 14.3. The molecule has 0 fully saturated rings. The van der Waals surface area contributed by atoms with Gasteiger partial charge in [0.2, 0.25) is 0 Å². The molecule has 1 heterocycles. The second kappa shape index (κ2) is 6.18. The summed E-state index contributed by atoms with van der Waals surface area (Å²) in [6, 6.07) is 4.13. The number of hydrogen-bond donors (Lipinski definition) is 2. The first-order chi connectivity index (χ1) is 9.53. The molecule has 110 valence electrons. The second-order valence-corrected chi connectivity index (χ2v) is 5.57. The van der Waals surface area contributed by atoms with E-state index >= 15 is 0 Å². The number of amides is 1. The van der Waals surface area contributed by atoms with Crippen molar-refractivity contribution in [2.24, 2.45) is 0 Å². The molecule has 0 aromatic heterocycles. The molecule has 8 nitrogen and oxygen atoms in total. The smallest absolute Gasteiger partial charge is 0.262 e. The summed E-state index contributed by atoms with van der Waals surface area (Å²) >= 11 is 0. The Morgan fingerprint density at radius 3 is 2.95 bits per heavy atom. The van der Waals surface area contributed by atoms with E-state index in [9.17, 15) is 13.2 Å². The highest BCUT2D eigenvalue weighted by atomic mass is 32.2. The van der Waals surface area contributed by atoms with Gasteiger partial charge in [0.05, 0.1) is 23.8 Å². The van der Waals surface area contributed by atoms with E-state index in [0.29, 0.717) is 11.4 Å². The monoisotopic (exact) mass is 302 g/mol. The Balaban J connectivity index is 2.12. The molecule has 2 rings (SSSR count). The molecule has 0 aliphatic carbocycles. The van der Waals surface area contributed by atoms with E-state index in [1.807, 2.05) is 4.89 Å². The third-order valence-corrected chi connectivity index (χ3v) is 3.66. The Kier molecular flexibility index (Phi) is 4.55. The van der Waals surface area contributed by atoms with Gasteiger partial charge in [-0.1, -0.05) is 4.89 Å². The summed E-state index contributed by atoms with van der Waals surface area (Å²) in [5.41, 5.74) is 0.306. The number of benzene rings is 1. The minimum absolute atomic E-state index is 0.0422. The van der Waals surface area contributed by atoms with Gasteiger partial charge in [-0.05, 0) is 18.2 Å². The number of hydrogen-bond acceptors (Lipinski definition) is 6. The molecule has 0 radical (unpaired) electrons. The van der Waals surface area contributed by atoms with Crippen LogP contribution in [0.1, 0.15) is 0 Å². The molecule has 0 spiro atoms. The van der Waals surface area contributed by atoms with Gasteiger partial charge >= 0.3 is 0 Å². The maximum Gasteiger partial charge on any atom is 0.262 e. The summed E-state index contributed by atoms with van der Waals surface area (Å²) in [5.74, 6) is 0.0835. The standard InChI is InChI=1S/C11H14N2O6S/c1-17-4-5-19-13-20(15,16)8-2-3-10-9(6-8)12-11(14)7-18-10/h2-3,6,13H,4-5,7H2,1H3,(H,12,14). The maximum absolute atomic E-state index is 11.9. The van der Waals surface area contributed by atoms with Crippen LogP contribution in [0.25, 0.3) is 0 Å². The lowest BCUT2D eigenvalue weighted by atomic mass is 10.2. The van der Waals surface area contributed by atoms with Crippen molar-refractivity contribution in [2.45, 2.75) is 4.90 Å². The van der Waals surface area contributed by atoms with Gasteiger partial charge in [0.15, 0.2) is 6.61 Å². The van der Waals surface area contributed by atoms with Gasteiger partial charge in [-0.15, -0.1) is 0 Å². The van der Waals surface area contributed by atoms with Crippen molar-refractivity contribution in [1.82, 2.24) is 4.89 Å². The van der Waals surface area contributed by atoms with Crippen LogP contribution in [0.15, 0.2) is 23.1 Å². The molecule has 1 aromatic carbocycles. The fourth-order valence-corrected chi connectivity index (χ4v) is 2.38. The van der Waals surface area contributed by atoms with Crippen molar-refractivity contribution in [1.29, 1.82) is 0 Å². The van der Waals surface area contributed by atoms with E-state index in [1.54, 1.807) is 0 Å². The zero-order chi connectivity index (χ0) is 14.6. The Hall–Kier alpha value is -1.68. The van der Waals surface area contributed by atoms with Crippen molar-refractivity contribution in [3.05, 3.63) is 18.2 Å². The molecular weight excluding hydrogens is 288 g/mol. The lowest BCUT2D eigenvalue weighted by Crippen LogP contribution is -2.27.